The zero-order chi connectivity index (χ0) is 32.7. The number of phenolic OH excluding ortho intramolecular Hbond substituents is 2. The van der Waals surface area contributed by atoms with E-state index >= 15 is 0 Å². The van der Waals surface area contributed by atoms with Gasteiger partial charge >= 0.3 is 0 Å². The highest BCUT2D eigenvalue weighted by molar-refractivity contribution is 6.31. The fourth-order valence-electron chi connectivity index (χ4n) is 7.69. The van der Waals surface area contributed by atoms with E-state index < -0.39 is 96.0 Å². The zero-order valence-electron chi connectivity index (χ0n) is 25.4. The van der Waals surface area contributed by atoms with E-state index in [9.17, 15) is 34.8 Å². The molecule has 2 aliphatic carbocycles. The van der Waals surface area contributed by atoms with Gasteiger partial charge in [-0.1, -0.05) is 12.1 Å². The number of aromatic hydroxyl groups is 2. The second-order valence-electron chi connectivity index (χ2n) is 12.3. The maximum absolute atomic E-state index is 13.9. The predicted molar refractivity (Wildman–Crippen MR) is 154 cm³/mol. The summed E-state index contributed by atoms with van der Waals surface area (Å²) in [6.07, 6.45) is -4.79. The number of nitrogens with zero attached hydrogens (tertiary/aromatic N) is 1. The molecule has 3 aliphatic heterocycles. The summed E-state index contributed by atoms with van der Waals surface area (Å²) >= 11 is 0. The van der Waals surface area contributed by atoms with Crippen LogP contribution in [-0.2, 0) is 34.9 Å². The van der Waals surface area contributed by atoms with Crippen molar-refractivity contribution >= 4 is 17.3 Å². The van der Waals surface area contributed by atoms with Crippen LogP contribution in [0.5, 0.6) is 17.2 Å². The maximum Gasteiger partial charge on any atom is 0.202 e. The summed E-state index contributed by atoms with van der Waals surface area (Å²) in [5.74, 6) is -3.61. The van der Waals surface area contributed by atoms with Crippen LogP contribution in [-0.4, -0.2) is 119 Å². The minimum atomic E-state index is -2.23. The number of phenols is 2. The minimum absolute atomic E-state index is 0.0353. The number of fused-ring (bicyclic) bond motifs is 6. The van der Waals surface area contributed by atoms with Crippen LogP contribution in [0.25, 0.3) is 0 Å². The number of aliphatic hydroxyl groups excluding tert-OH is 1. The van der Waals surface area contributed by atoms with Gasteiger partial charge in [-0.05, 0) is 13.0 Å². The molecule has 5 aliphatic rings. The van der Waals surface area contributed by atoms with E-state index in [0.29, 0.717) is 19.6 Å². The summed E-state index contributed by atoms with van der Waals surface area (Å²) in [5, 5.41) is 44.5. The van der Waals surface area contributed by atoms with Crippen molar-refractivity contribution in [3.63, 3.8) is 0 Å². The molecule has 14 heteroatoms. The average Bonchev–Trinajstić information content (AvgIpc) is 3.43. The number of methoxy groups -OCH3 is 2. The molecule has 4 N–H and O–H groups in total. The number of ether oxygens (including phenoxy) is 6. The summed E-state index contributed by atoms with van der Waals surface area (Å²) < 4.78 is 35.3. The number of hydrogen-bond donors (Lipinski definition) is 4. The Morgan fingerprint density at radius 2 is 1.85 bits per heavy atom. The van der Waals surface area contributed by atoms with Crippen LogP contribution in [0.15, 0.2) is 18.2 Å². The molecular weight excluding hydrogens is 606 g/mol. The van der Waals surface area contributed by atoms with Crippen LogP contribution in [0.3, 0.4) is 0 Å². The minimum Gasteiger partial charge on any atom is -0.507 e. The topological polar surface area (TPSA) is 191 Å². The lowest BCUT2D eigenvalue weighted by Crippen LogP contribution is -2.55. The van der Waals surface area contributed by atoms with Gasteiger partial charge in [-0.2, -0.15) is 0 Å². The average molecular weight is 642 g/mol. The van der Waals surface area contributed by atoms with Gasteiger partial charge in [0.15, 0.2) is 30.4 Å². The van der Waals surface area contributed by atoms with E-state index in [1.54, 1.807) is 0 Å². The van der Waals surface area contributed by atoms with E-state index in [2.05, 4.69) is 4.90 Å². The number of hydrogen-bond acceptors (Lipinski definition) is 14. The highest BCUT2D eigenvalue weighted by atomic mass is 16.7. The molecule has 3 saturated heterocycles. The molecule has 7 unspecified atom stereocenters. The molecule has 7 rings (SSSR count). The van der Waals surface area contributed by atoms with Crippen LogP contribution in [0.2, 0.25) is 0 Å². The van der Waals surface area contributed by atoms with Crippen molar-refractivity contribution in [1.29, 1.82) is 0 Å². The van der Waals surface area contributed by atoms with Gasteiger partial charge in [-0.3, -0.25) is 19.3 Å². The quantitative estimate of drug-likeness (QED) is 0.275. The summed E-state index contributed by atoms with van der Waals surface area (Å²) in [7, 11) is 2.88. The Hall–Kier alpha value is -3.47. The molecule has 0 aromatic heterocycles. The number of morpholine rings is 1. The van der Waals surface area contributed by atoms with Crippen LogP contribution < -0.4 is 4.74 Å². The molecule has 0 spiro atoms. The Bertz CT molecular complexity index is 1630. The first-order chi connectivity index (χ1) is 22.0. The van der Waals surface area contributed by atoms with Crippen molar-refractivity contribution in [1.82, 2.24) is 4.90 Å². The molecular formula is C32H35NO13. The SMILES string of the molecule is COc1cccc2c1C(=O)c1c(O)c3c(c(O)c1C2=O)C[C@@](O)(C(=O)CO)CC3OC1CC2C(OC3C(OC)OCCN23)C(C)O1. The van der Waals surface area contributed by atoms with Crippen molar-refractivity contribution in [2.24, 2.45) is 0 Å². The highest BCUT2D eigenvalue weighted by Crippen LogP contribution is 2.53. The summed E-state index contributed by atoms with van der Waals surface area (Å²) in [4.78, 5) is 42.6. The maximum atomic E-state index is 13.9. The van der Waals surface area contributed by atoms with E-state index in [4.69, 9.17) is 28.4 Å². The number of rotatable bonds is 6. The largest absolute Gasteiger partial charge is 0.507 e. The zero-order valence-corrected chi connectivity index (χ0v) is 25.4. The van der Waals surface area contributed by atoms with Gasteiger partial charge in [0.1, 0.15) is 35.6 Å². The molecule has 0 saturated carbocycles. The lowest BCUT2D eigenvalue weighted by molar-refractivity contribution is -0.256. The van der Waals surface area contributed by atoms with Gasteiger partial charge in [-0.25, -0.2) is 0 Å². The third kappa shape index (κ3) is 4.51. The molecule has 0 bridgehead atoms. The van der Waals surface area contributed by atoms with Gasteiger partial charge in [0.05, 0.1) is 42.6 Å². The van der Waals surface area contributed by atoms with Crippen molar-refractivity contribution < 1.29 is 63.2 Å². The molecule has 0 amide bonds. The van der Waals surface area contributed by atoms with Crippen LogP contribution in [0.4, 0.5) is 0 Å². The Kier molecular flexibility index (Phi) is 7.68. The number of carbonyl (C=O) groups excluding carboxylic acids is 3. The molecule has 246 valence electrons. The molecule has 0 radical (unpaired) electrons. The second-order valence-corrected chi connectivity index (χ2v) is 12.3. The van der Waals surface area contributed by atoms with Gasteiger partial charge in [-0.15, -0.1) is 0 Å². The van der Waals surface area contributed by atoms with Gasteiger partial charge in [0, 0.05) is 55.6 Å². The molecule has 3 fully saturated rings. The number of ketones is 3. The molecule has 2 aromatic rings. The number of aliphatic hydroxyl groups is 2. The molecule has 2 aromatic carbocycles. The summed E-state index contributed by atoms with van der Waals surface area (Å²) in [6.45, 7) is 1.82. The fraction of sp³-hybridized carbons (Fsp3) is 0.531. The monoisotopic (exact) mass is 641 g/mol. The predicted octanol–water partition coefficient (Wildman–Crippen LogP) is 0.711. The summed E-state index contributed by atoms with van der Waals surface area (Å²) in [5.41, 5.74) is -3.43. The van der Waals surface area contributed by atoms with E-state index in [0.717, 1.165) is 0 Å². The normalized spacial score (nSPS) is 33.5. The molecule has 46 heavy (non-hydrogen) atoms. The molecule has 14 nitrogen and oxygen atoms in total. The Morgan fingerprint density at radius 3 is 2.57 bits per heavy atom. The fourth-order valence-corrected chi connectivity index (χ4v) is 7.69. The Morgan fingerprint density at radius 1 is 1.09 bits per heavy atom. The van der Waals surface area contributed by atoms with E-state index in [1.807, 2.05) is 6.92 Å². The van der Waals surface area contributed by atoms with E-state index in [-0.39, 0.29) is 40.1 Å². The first kappa shape index (κ1) is 31.1. The first-order valence-corrected chi connectivity index (χ1v) is 15.1. The number of benzene rings is 2. The van der Waals surface area contributed by atoms with Gasteiger partial charge < -0.3 is 48.8 Å². The first-order valence-electron chi connectivity index (χ1n) is 15.1. The second kappa shape index (κ2) is 11.3. The Balaban J connectivity index is 1.30. The van der Waals surface area contributed by atoms with Crippen LogP contribution in [0, 0.1) is 0 Å². The van der Waals surface area contributed by atoms with Gasteiger partial charge in [0.25, 0.3) is 0 Å². The summed E-state index contributed by atoms with van der Waals surface area (Å²) in [6, 6.07) is 4.26. The van der Waals surface area contributed by atoms with Crippen LogP contribution >= 0.6 is 0 Å². The number of carbonyl (C=O) groups is 3. The van der Waals surface area contributed by atoms with Crippen molar-refractivity contribution in [3.05, 3.63) is 51.6 Å². The lowest BCUT2D eigenvalue weighted by atomic mass is 9.72. The van der Waals surface area contributed by atoms with Crippen molar-refractivity contribution in [2.75, 3.05) is 34.0 Å². The lowest BCUT2D eigenvalue weighted by Gasteiger charge is -2.43. The third-order valence-corrected chi connectivity index (χ3v) is 9.84. The van der Waals surface area contributed by atoms with Gasteiger partial charge in [0.2, 0.25) is 5.78 Å². The van der Waals surface area contributed by atoms with E-state index in [1.165, 1.54) is 32.4 Å². The molecule has 3 heterocycles. The third-order valence-electron chi connectivity index (χ3n) is 9.84. The number of Topliss-reactive ketones (excluding diaryl/α,β-unsaturated/α-hetero) is 1. The van der Waals surface area contributed by atoms with Crippen molar-refractivity contribution in [2.45, 2.75) is 74.9 Å². The molecule has 8 atom stereocenters. The highest BCUT2D eigenvalue weighted by Gasteiger charge is 2.55. The smallest absolute Gasteiger partial charge is 0.202 e. The standard InChI is InChI=1S/C32H35NO13/c1-13-29-16(33-7-8-43-31(42-3)30(33)46-29)9-20(44-13)45-18-11-32(40,19(35)12-34)10-15-22(18)28(39)24-23(26(15)37)25(36)14-5-4-6-17(41-2)21(14)27(24)38/h4-6,13,16,18,20,29-31,34,37,39-40H,7-12H2,1-3H3/t13?,16?,18?,20?,29?,30?,31?,32-/m0/s1. The Labute approximate surface area is 263 Å². The van der Waals surface area contributed by atoms with Crippen LogP contribution in [0.1, 0.15) is 68.8 Å². The van der Waals surface area contributed by atoms with Crippen molar-refractivity contribution in [3.8, 4) is 17.2 Å².